The molecule has 0 unspecified atom stereocenters. The van der Waals surface area contributed by atoms with E-state index >= 15 is 0 Å². The molecule has 0 aromatic heterocycles. The van der Waals surface area contributed by atoms with Crippen LogP contribution in [0.1, 0.15) is 15.9 Å². The van der Waals surface area contributed by atoms with Crippen molar-refractivity contribution in [2.75, 3.05) is 11.9 Å². The van der Waals surface area contributed by atoms with Crippen molar-refractivity contribution >= 4 is 17.3 Å². The van der Waals surface area contributed by atoms with E-state index in [1.54, 1.807) is 11.9 Å². The summed E-state index contributed by atoms with van der Waals surface area (Å²) in [6, 6.07) is 11.6. The largest absolute Gasteiger partial charge is 0.478 e. The normalized spacial score (nSPS) is 10.3. The number of rotatable bonds is 3. The molecular weight excluding hydrogens is 245 g/mol. The van der Waals surface area contributed by atoms with Gasteiger partial charge in [-0.3, -0.25) is 0 Å². The van der Waals surface area contributed by atoms with Gasteiger partial charge in [0.05, 0.1) is 11.3 Å². The molecule has 0 amide bonds. The summed E-state index contributed by atoms with van der Waals surface area (Å²) in [4.78, 5) is 12.4. The van der Waals surface area contributed by atoms with Crippen molar-refractivity contribution in [3.05, 3.63) is 59.4 Å². The second-order valence-electron chi connectivity index (χ2n) is 4.37. The molecule has 2 aromatic rings. The number of hydrogen-bond donors (Lipinski definition) is 1. The van der Waals surface area contributed by atoms with Gasteiger partial charge in [0.15, 0.2) is 0 Å². The molecule has 2 rings (SSSR count). The lowest BCUT2D eigenvalue weighted by molar-refractivity contribution is 0.0696. The SMILES string of the molecule is Cc1ccc(N(C)c2ccc(C(=O)O)cc2F)cc1. The summed E-state index contributed by atoms with van der Waals surface area (Å²) in [7, 11) is 1.74. The Hall–Kier alpha value is -2.36. The fourth-order valence-corrected chi connectivity index (χ4v) is 1.82. The van der Waals surface area contributed by atoms with Gasteiger partial charge in [-0.05, 0) is 37.3 Å². The Labute approximate surface area is 110 Å². The van der Waals surface area contributed by atoms with Gasteiger partial charge in [-0.2, -0.15) is 0 Å². The van der Waals surface area contributed by atoms with Crippen LogP contribution in [0.25, 0.3) is 0 Å². The molecule has 0 aliphatic heterocycles. The van der Waals surface area contributed by atoms with E-state index in [0.717, 1.165) is 17.3 Å². The van der Waals surface area contributed by atoms with Gasteiger partial charge in [0.25, 0.3) is 0 Å². The van der Waals surface area contributed by atoms with Crippen molar-refractivity contribution < 1.29 is 14.3 Å². The highest BCUT2D eigenvalue weighted by Crippen LogP contribution is 2.27. The first kappa shape index (κ1) is 13.1. The average molecular weight is 259 g/mol. The smallest absolute Gasteiger partial charge is 0.335 e. The maximum absolute atomic E-state index is 13.9. The van der Waals surface area contributed by atoms with E-state index in [2.05, 4.69) is 0 Å². The Bertz CT molecular complexity index is 608. The van der Waals surface area contributed by atoms with Crippen LogP contribution in [0, 0.1) is 12.7 Å². The van der Waals surface area contributed by atoms with Crippen molar-refractivity contribution in [3.8, 4) is 0 Å². The Balaban J connectivity index is 2.36. The minimum absolute atomic E-state index is 0.0569. The summed E-state index contributed by atoms with van der Waals surface area (Å²) in [6.45, 7) is 1.98. The third-order valence-corrected chi connectivity index (χ3v) is 2.98. The number of benzene rings is 2. The lowest BCUT2D eigenvalue weighted by Gasteiger charge is -2.20. The van der Waals surface area contributed by atoms with Crippen molar-refractivity contribution in [1.29, 1.82) is 0 Å². The van der Waals surface area contributed by atoms with E-state index in [1.807, 2.05) is 31.2 Å². The molecule has 98 valence electrons. The predicted molar refractivity (Wildman–Crippen MR) is 72.6 cm³/mol. The minimum Gasteiger partial charge on any atom is -0.478 e. The van der Waals surface area contributed by atoms with Crippen molar-refractivity contribution in [2.24, 2.45) is 0 Å². The van der Waals surface area contributed by atoms with Crippen LogP contribution in [0.4, 0.5) is 15.8 Å². The number of aryl methyl sites for hydroxylation is 1. The number of halogens is 1. The maximum atomic E-state index is 13.9. The van der Waals surface area contributed by atoms with E-state index < -0.39 is 11.8 Å². The number of aromatic carboxylic acids is 1. The summed E-state index contributed by atoms with van der Waals surface area (Å²) >= 11 is 0. The lowest BCUT2D eigenvalue weighted by Crippen LogP contribution is -2.12. The molecular formula is C15H14FNO2. The summed E-state index contributed by atoms with van der Waals surface area (Å²) in [5, 5.41) is 8.81. The van der Waals surface area contributed by atoms with Gasteiger partial charge >= 0.3 is 5.97 Å². The zero-order valence-electron chi connectivity index (χ0n) is 10.7. The molecule has 19 heavy (non-hydrogen) atoms. The third kappa shape index (κ3) is 2.73. The molecule has 0 fully saturated rings. The molecule has 3 nitrogen and oxygen atoms in total. The van der Waals surface area contributed by atoms with E-state index in [4.69, 9.17) is 5.11 Å². The van der Waals surface area contributed by atoms with Crippen LogP contribution < -0.4 is 4.90 Å². The summed E-state index contributed by atoms with van der Waals surface area (Å²) in [5.74, 6) is -1.69. The molecule has 4 heteroatoms. The molecule has 0 aliphatic carbocycles. The number of anilines is 2. The zero-order valence-corrected chi connectivity index (χ0v) is 10.7. The Morgan fingerprint density at radius 1 is 1.16 bits per heavy atom. The fraction of sp³-hybridized carbons (Fsp3) is 0.133. The van der Waals surface area contributed by atoms with Crippen molar-refractivity contribution in [2.45, 2.75) is 6.92 Å². The van der Waals surface area contributed by atoms with Gasteiger partial charge < -0.3 is 10.0 Å². The second-order valence-corrected chi connectivity index (χ2v) is 4.37. The van der Waals surface area contributed by atoms with Gasteiger partial charge in [-0.25, -0.2) is 9.18 Å². The summed E-state index contributed by atoms with van der Waals surface area (Å²) in [5.41, 5.74) is 2.25. The summed E-state index contributed by atoms with van der Waals surface area (Å²) in [6.07, 6.45) is 0. The average Bonchev–Trinajstić information content (AvgIpc) is 2.38. The first-order chi connectivity index (χ1) is 8.99. The Kier molecular flexibility index (Phi) is 3.51. The molecule has 0 spiro atoms. The predicted octanol–water partition coefficient (Wildman–Crippen LogP) is 3.60. The van der Waals surface area contributed by atoms with Crippen LogP contribution in [0.5, 0.6) is 0 Å². The van der Waals surface area contributed by atoms with Crippen LogP contribution in [0.2, 0.25) is 0 Å². The number of carbonyl (C=O) groups is 1. The zero-order chi connectivity index (χ0) is 14.0. The van der Waals surface area contributed by atoms with E-state index in [1.165, 1.54) is 12.1 Å². The van der Waals surface area contributed by atoms with Gasteiger partial charge in [0.2, 0.25) is 0 Å². The van der Waals surface area contributed by atoms with Crippen LogP contribution in [0.3, 0.4) is 0 Å². The van der Waals surface area contributed by atoms with Crippen molar-refractivity contribution in [1.82, 2.24) is 0 Å². The van der Waals surface area contributed by atoms with E-state index in [0.29, 0.717) is 5.69 Å². The quantitative estimate of drug-likeness (QED) is 0.915. The molecule has 0 saturated heterocycles. The summed E-state index contributed by atoms with van der Waals surface area (Å²) < 4.78 is 13.9. The minimum atomic E-state index is -1.14. The maximum Gasteiger partial charge on any atom is 0.335 e. The fourth-order valence-electron chi connectivity index (χ4n) is 1.82. The van der Waals surface area contributed by atoms with Crippen LogP contribution in [-0.2, 0) is 0 Å². The third-order valence-electron chi connectivity index (χ3n) is 2.98. The molecule has 0 radical (unpaired) electrons. The highest BCUT2D eigenvalue weighted by molar-refractivity contribution is 5.88. The highest BCUT2D eigenvalue weighted by atomic mass is 19.1. The standard InChI is InChI=1S/C15H14FNO2/c1-10-3-6-12(7-4-10)17(2)14-8-5-11(15(18)19)9-13(14)16/h3-9H,1-2H3,(H,18,19). The number of carboxylic acid groups (broad SMARTS) is 1. The molecule has 0 atom stereocenters. The van der Waals surface area contributed by atoms with Gasteiger partial charge in [0.1, 0.15) is 5.82 Å². The molecule has 0 saturated carbocycles. The second kappa shape index (κ2) is 5.10. The first-order valence-corrected chi connectivity index (χ1v) is 5.82. The van der Waals surface area contributed by atoms with Gasteiger partial charge in [0, 0.05) is 12.7 Å². The van der Waals surface area contributed by atoms with Crippen LogP contribution in [0.15, 0.2) is 42.5 Å². The highest BCUT2D eigenvalue weighted by Gasteiger charge is 2.12. The topological polar surface area (TPSA) is 40.5 Å². The molecule has 0 aliphatic rings. The van der Waals surface area contributed by atoms with Crippen LogP contribution in [-0.4, -0.2) is 18.1 Å². The Morgan fingerprint density at radius 3 is 2.32 bits per heavy atom. The van der Waals surface area contributed by atoms with E-state index in [-0.39, 0.29) is 5.56 Å². The van der Waals surface area contributed by atoms with E-state index in [9.17, 15) is 9.18 Å². The first-order valence-electron chi connectivity index (χ1n) is 5.82. The van der Waals surface area contributed by atoms with Crippen LogP contribution >= 0.6 is 0 Å². The number of nitrogens with zero attached hydrogens (tertiary/aromatic N) is 1. The number of carboxylic acids is 1. The monoisotopic (exact) mass is 259 g/mol. The molecule has 0 bridgehead atoms. The van der Waals surface area contributed by atoms with Gasteiger partial charge in [-0.15, -0.1) is 0 Å². The molecule has 2 aromatic carbocycles. The molecule has 1 N–H and O–H groups in total. The van der Waals surface area contributed by atoms with Crippen molar-refractivity contribution in [3.63, 3.8) is 0 Å². The lowest BCUT2D eigenvalue weighted by atomic mass is 10.1. The Morgan fingerprint density at radius 2 is 1.79 bits per heavy atom. The number of hydrogen-bond acceptors (Lipinski definition) is 2. The molecule has 0 heterocycles. The van der Waals surface area contributed by atoms with Gasteiger partial charge in [-0.1, -0.05) is 17.7 Å².